The van der Waals surface area contributed by atoms with E-state index in [-0.39, 0.29) is 0 Å². The second-order valence-corrected chi connectivity index (χ2v) is 7.88. The number of benzene rings is 1. The fourth-order valence-corrected chi connectivity index (χ4v) is 3.55. The van der Waals surface area contributed by atoms with Crippen LogP contribution < -0.4 is 5.32 Å². The maximum atomic E-state index is 11.6. The Hall–Kier alpha value is -1.40. The number of nitrogens with one attached hydrogen (secondary N) is 2. The molecule has 0 saturated carbocycles. The Morgan fingerprint density at radius 2 is 2.05 bits per heavy atom. The highest BCUT2D eigenvalue weighted by Gasteiger charge is 2.14. The molecule has 0 amide bonds. The molecule has 1 aliphatic heterocycles. The van der Waals surface area contributed by atoms with Crippen LogP contribution in [0.4, 0.5) is 0 Å². The van der Waals surface area contributed by atoms with Crippen molar-refractivity contribution in [3.63, 3.8) is 0 Å². The van der Waals surface area contributed by atoms with Gasteiger partial charge in [-0.15, -0.1) is 0 Å². The first-order valence-corrected chi connectivity index (χ1v) is 9.31. The van der Waals surface area contributed by atoms with E-state index in [1.54, 1.807) is 18.2 Å². The molecule has 2 aromatic rings. The maximum Gasteiger partial charge on any atom is 0.175 e. The number of aromatic nitrogens is 2. The van der Waals surface area contributed by atoms with Crippen LogP contribution in [-0.2, 0) is 16.3 Å². The minimum absolute atomic E-state index is 0.337. The Morgan fingerprint density at radius 3 is 2.76 bits per heavy atom. The number of rotatable bonds is 4. The zero-order chi connectivity index (χ0) is 14.9. The first kappa shape index (κ1) is 14.5. The van der Waals surface area contributed by atoms with Crippen molar-refractivity contribution in [2.75, 3.05) is 19.3 Å². The zero-order valence-electron chi connectivity index (χ0n) is 12.2. The van der Waals surface area contributed by atoms with E-state index in [0.717, 1.165) is 48.7 Å². The molecule has 2 heterocycles. The van der Waals surface area contributed by atoms with Crippen molar-refractivity contribution in [1.29, 1.82) is 0 Å². The van der Waals surface area contributed by atoms with Crippen molar-refractivity contribution in [2.45, 2.75) is 30.6 Å². The number of aromatic amines is 1. The van der Waals surface area contributed by atoms with Crippen LogP contribution in [-0.4, -0.2) is 37.7 Å². The van der Waals surface area contributed by atoms with Crippen LogP contribution >= 0.6 is 0 Å². The molecule has 1 aromatic heterocycles. The highest BCUT2D eigenvalue weighted by Crippen LogP contribution is 2.21. The molecule has 6 heteroatoms. The van der Waals surface area contributed by atoms with Gasteiger partial charge in [-0.1, -0.05) is 0 Å². The summed E-state index contributed by atoms with van der Waals surface area (Å²) in [5.41, 5.74) is 1.64. The lowest BCUT2D eigenvalue weighted by molar-refractivity contribution is 0.352. The third-order valence-electron chi connectivity index (χ3n) is 4.18. The van der Waals surface area contributed by atoms with Gasteiger partial charge >= 0.3 is 0 Å². The van der Waals surface area contributed by atoms with Gasteiger partial charge in [0.2, 0.25) is 0 Å². The number of hydrogen-bond donors (Lipinski definition) is 2. The largest absolute Gasteiger partial charge is 0.342 e. The first-order valence-electron chi connectivity index (χ1n) is 7.42. The number of imidazole rings is 1. The fraction of sp³-hybridized carbons (Fsp3) is 0.533. The van der Waals surface area contributed by atoms with Gasteiger partial charge in [0.25, 0.3) is 0 Å². The van der Waals surface area contributed by atoms with Gasteiger partial charge in [-0.2, -0.15) is 0 Å². The van der Waals surface area contributed by atoms with Crippen LogP contribution in [0.5, 0.6) is 0 Å². The molecule has 0 radical (unpaired) electrons. The highest BCUT2D eigenvalue weighted by atomic mass is 32.2. The molecule has 0 atom stereocenters. The molecule has 5 nitrogen and oxygen atoms in total. The number of aryl methyl sites for hydroxylation is 1. The number of fused-ring (bicyclic) bond motifs is 1. The third kappa shape index (κ3) is 3.44. The van der Waals surface area contributed by atoms with E-state index < -0.39 is 9.84 Å². The summed E-state index contributed by atoms with van der Waals surface area (Å²) in [5.74, 6) is 1.72. The summed E-state index contributed by atoms with van der Waals surface area (Å²) in [4.78, 5) is 8.15. The number of piperidine rings is 1. The van der Waals surface area contributed by atoms with Crippen LogP contribution in [0.15, 0.2) is 23.1 Å². The van der Waals surface area contributed by atoms with Gasteiger partial charge in [-0.05, 0) is 56.5 Å². The summed E-state index contributed by atoms with van der Waals surface area (Å²) in [6, 6.07) is 5.07. The van der Waals surface area contributed by atoms with Gasteiger partial charge in [0, 0.05) is 12.7 Å². The number of nitrogens with zero attached hydrogens (tertiary/aromatic N) is 1. The SMILES string of the molecule is CS(=O)(=O)c1ccc2nc(CCC3CCNCC3)[nH]c2c1. The average molecular weight is 307 g/mol. The average Bonchev–Trinajstić information content (AvgIpc) is 2.87. The second-order valence-electron chi connectivity index (χ2n) is 5.87. The maximum absolute atomic E-state index is 11.6. The topological polar surface area (TPSA) is 74.8 Å². The van der Waals surface area contributed by atoms with Crippen LogP contribution in [0.1, 0.15) is 25.1 Å². The van der Waals surface area contributed by atoms with Gasteiger partial charge in [0.1, 0.15) is 5.82 Å². The van der Waals surface area contributed by atoms with Crippen molar-refractivity contribution in [2.24, 2.45) is 5.92 Å². The van der Waals surface area contributed by atoms with E-state index in [9.17, 15) is 8.42 Å². The van der Waals surface area contributed by atoms with Crippen molar-refractivity contribution < 1.29 is 8.42 Å². The number of sulfone groups is 1. The normalized spacial score (nSPS) is 17.4. The van der Waals surface area contributed by atoms with Gasteiger partial charge in [0.05, 0.1) is 15.9 Å². The van der Waals surface area contributed by atoms with Crippen LogP contribution in [0.25, 0.3) is 11.0 Å². The van der Waals surface area contributed by atoms with Crippen molar-refractivity contribution in [1.82, 2.24) is 15.3 Å². The Balaban J connectivity index is 1.74. The zero-order valence-corrected chi connectivity index (χ0v) is 13.0. The molecule has 1 fully saturated rings. The number of H-pyrrole nitrogens is 1. The molecule has 0 bridgehead atoms. The first-order chi connectivity index (χ1) is 10.0. The lowest BCUT2D eigenvalue weighted by Gasteiger charge is -2.21. The second kappa shape index (κ2) is 5.77. The summed E-state index contributed by atoms with van der Waals surface area (Å²) < 4.78 is 23.2. The summed E-state index contributed by atoms with van der Waals surface area (Å²) in [6.07, 6.45) is 5.76. The molecule has 1 saturated heterocycles. The third-order valence-corrected chi connectivity index (χ3v) is 5.29. The van der Waals surface area contributed by atoms with Gasteiger partial charge < -0.3 is 10.3 Å². The molecule has 0 spiro atoms. The lowest BCUT2D eigenvalue weighted by atomic mass is 9.93. The highest BCUT2D eigenvalue weighted by molar-refractivity contribution is 7.90. The molecule has 0 aliphatic carbocycles. The molecule has 2 N–H and O–H groups in total. The quantitative estimate of drug-likeness (QED) is 0.904. The van der Waals surface area contributed by atoms with Crippen LogP contribution in [0.3, 0.4) is 0 Å². The minimum atomic E-state index is -3.17. The molecule has 114 valence electrons. The Labute approximate surface area is 125 Å². The Morgan fingerprint density at radius 1 is 1.29 bits per heavy atom. The van der Waals surface area contributed by atoms with Gasteiger partial charge in [-0.25, -0.2) is 13.4 Å². The van der Waals surface area contributed by atoms with Crippen molar-refractivity contribution in [3.05, 3.63) is 24.0 Å². The standard InChI is InChI=1S/C15H21N3O2S/c1-21(19,20)12-3-4-13-14(10-12)18-15(17-13)5-2-11-6-8-16-9-7-11/h3-4,10-11,16H,2,5-9H2,1H3,(H,17,18). The van der Waals surface area contributed by atoms with E-state index in [4.69, 9.17) is 0 Å². The number of hydrogen-bond acceptors (Lipinski definition) is 4. The van der Waals surface area contributed by atoms with Crippen molar-refractivity contribution >= 4 is 20.9 Å². The van der Waals surface area contributed by atoms with Gasteiger partial charge in [-0.3, -0.25) is 0 Å². The molecule has 0 unspecified atom stereocenters. The van der Waals surface area contributed by atoms with Gasteiger partial charge in [0.15, 0.2) is 9.84 Å². The van der Waals surface area contributed by atoms with E-state index >= 15 is 0 Å². The molecule has 21 heavy (non-hydrogen) atoms. The molecular weight excluding hydrogens is 286 g/mol. The molecule has 1 aromatic carbocycles. The molecule has 1 aliphatic rings. The summed E-state index contributed by atoms with van der Waals surface area (Å²) in [7, 11) is -3.17. The predicted octanol–water partition coefficient (Wildman–Crippen LogP) is 1.90. The van der Waals surface area contributed by atoms with E-state index in [0.29, 0.717) is 4.90 Å². The molecular formula is C15H21N3O2S. The Bertz CT molecular complexity index is 730. The van der Waals surface area contributed by atoms with Crippen molar-refractivity contribution in [3.8, 4) is 0 Å². The smallest absolute Gasteiger partial charge is 0.175 e. The van der Waals surface area contributed by atoms with E-state index in [1.165, 1.54) is 19.1 Å². The Kier molecular flexibility index (Phi) is 3.99. The lowest BCUT2D eigenvalue weighted by Crippen LogP contribution is -2.27. The summed E-state index contributed by atoms with van der Waals surface area (Å²) in [6.45, 7) is 2.23. The summed E-state index contributed by atoms with van der Waals surface area (Å²) in [5, 5.41) is 3.37. The fourth-order valence-electron chi connectivity index (χ4n) is 2.90. The van der Waals surface area contributed by atoms with E-state index in [2.05, 4.69) is 15.3 Å². The minimum Gasteiger partial charge on any atom is -0.342 e. The van der Waals surface area contributed by atoms with Crippen LogP contribution in [0.2, 0.25) is 0 Å². The van der Waals surface area contributed by atoms with Crippen LogP contribution in [0, 0.1) is 5.92 Å². The monoisotopic (exact) mass is 307 g/mol. The summed E-state index contributed by atoms with van der Waals surface area (Å²) >= 11 is 0. The van der Waals surface area contributed by atoms with E-state index in [1.807, 2.05) is 0 Å². The molecule has 3 rings (SSSR count). The predicted molar refractivity (Wildman–Crippen MR) is 83.1 cm³/mol.